The highest BCUT2D eigenvalue weighted by molar-refractivity contribution is 9.10. The van der Waals surface area contributed by atoms with Crippen LogP contribution in [0.1, 0.15) is 26.7 Å². The van der Waals surface area contributed by atoms with Gasteiger partial charge in [-0.15, -0.1) is 0 Å². The summed E-state index contributed by atoms with van der Waals surface area (Å²) in [5.74, 6) is -0.808. The molecule has 280 valence electrons. The van der Waals surface area contributed by atoms with Gasteiger partial charge in [0.05, 0.1) is 22.4 Å². The van der Waals surface area contributed by atoms with E-state index in [1.807, 2.05) is 72.8 Å². The van der Waals surface area contributed by atoms with Gasteiger partial charge in [-0.05, 0) is 73.5 Å². The number of hydrogen-bond acceptors (Lipinski definition) is 8. The van der Waals surface area contributed by atoms with Gasteiger partial charge in [0, 0.05) is 80.5 Å². The molecule has 0 fully saturated rings. The summed E-state index contributed by atoms with van der Waals surface area (Å²) < 4.78 is 17.8. The van der Waals surface area contributed by atoms with E-state index in [4.69, 9.17) is 9.47 Å². The lowest BCUT2D eigenvalue weighted by Gasteiger charge is -2.28. The largest absolute Gasteiger partial charge is 0.421 e. The Morgan fingerprint density at radius 2 is 0.982 bits per heavy atom. The van der Waals surface area contributed by atoms with Crippen LogP contribution in [0.5, 0.6) is 11.5 Å². The number of hydrogen-bond donors (Lipinski definition) is 0. The fourth-order valence-corrected chi connectivity index (χ4v) is 8.11. The summed E-state index contributed by atoms with van der Waals surface area (Å²) >= 11 is 7.26. The molecule has 4 heterocycles. The Morgan fingerprint density at radius 1 is 0.589 bits per heavy atom. The maximum Gasteiger partial charge on any atom is 0.336 e. The molecular weight excluding hydrogens is 836 g/mol. The number of anilines is 2. The number of carbonyl (C=O) groups is 2. The lowest BCUT2D eigenvalue weighted by atomic mass is 10.1. The summed E-state index contributed by atoms with van der Waals surface area (Å²) in [6.45, 7) is 5.61. The maximum absolute atomic E-state index is 13.6. The summed E-state index contributed by atoms with van der Waals surface area (Å²) in [5.41, 5.74) is 5.18. The number of nitrogens with zero attached hydrogens (tertiary/aromatic N) is 6. The third-order valence-corrected chi connectivity index (χ3v) is 10.3. The lowest BCUT2D eigenvalue weighted by Crippen LogP contribution is -2.30. The van der Waals surface area contributed by atoms with Crippen molar-refractivity contribution in [2.45, 2.75) is 26.7 Å². The van der Waals surface area contributed by atoms with E-state index >= 15 is 0 Å². The number of para-hydroxylation sites is 2. The molecule has 0 spiro atoms. The van der Waals surface area contributed by atoms with Crippen molar-refractivity contribution in [3.8, 4) is 11.5 Å². The number of esters is 2. The molecule has 0 saturated heterocycles. The smallest absolute Gasteiger partial charge is 0.336 e. The molecule has 0 bridgehead atoms. The van der Waals surface area contributed by atoms with Crippen LogP contribution in [0.15, 0.2) is 143 Å². The van der Waals surface area contributed by atoms with Gasteiger partial charge in [0.2, 0.25) is 0 Å². The Kier molecular flexibility index (Phi) is 10.6. The minimum Gasteiger partial charge on any atom is -0.421 e. The van der Waals surface area contributed by atoms with E-state index in [-0.39, 0.29) is 0 Å². The van der Waals surface area contributed by atoms with E-state index < -0.39 is 11.9 Å². The van der Waals surface area contributed by atoms with Gasteiger partial charge in [-0.3, -0.25) is 20.0 Å². The molecule has 4 aromatic carbocycles. The molecule has 0 N–H and O–H groups in total. The van der Waals surface area contributed by atoms with Gasteiger partial charge in [-0.2, -0.15) is 0 Å². The van der Waals surface area contributed by atoms with Gasteiger partial charge in [-0.25, -0.2) is 18.9 Å². The summed E-state index contributed by atoms with van der Waals surface area (Å²) in [7, 11) is 0. The topological polar surface area (TPSA) is 94.7 Å². The summed E-state index contributed by atoms with van der Waals surface area (Å²) in [6.07, 6.45) is 10.9. The van der Waals surface area contributed by atoms with Crippen LogP contribution in [-0.4, -0.2) is 44.3 Å². The molecule has 12 heteroatoms. The Bertz CT molecular complexity index is 2580. The average Bonchev–Trinajstić information content (AvgIpc) is 3.72. The third-order valence-electron chi connectivity index (χ3n) is 9.40. The van der Waals surface area contributed by atoms with Gasteiger partial charge in [0.15, 0.2) is 11.5 Å². The molecule has 0 aliphatic heterocycles. The van der Waals surface area contributed by atoms with E-state index in [9.17, 15) is 9.59 Å². The Labute approximate surface area is 339 Å². The molecule has 56 heavy (non-hydrogen) atoms. The molecule has 0 amide bonds. The lowest BCUT2D eigenvalue weighted by molar-refractivity contribution is -0.131. The molecule has 0 aliphatic carbocycles. The van der Waals surface area contributed by atoms with Crippen molar-refractivity contribution in [3.63, 3.8) is 0 Å². The van der Waals surface area contributed by atoms with Gasteiger partial charge in [0.1, 0.15) is 11.0 Å². The number of rotatable bonds is 12. The number of carbonyl (C=O) groups excluding carboxylic acids is 2. The van der Waals surface area contributed by atoms with Gasteiger partial charge in [-0.1, -0.05) is 82.1 Å². The Morgan fingerprint density at radius 3 is 1.38 bits per heavy atom. The van der Waals surface area contributed by atoms with Crippen LogP contribution in [0.2, 0.25) is 0 Å². The van der Waals surface area contributed by atoms with Crippen LogP contribution in [0, 0.1) is 0 Å². The van der Waals surface area contributed by atoms with Crippen LogP contribution < -0.4 is 19.5 Å². The molecule has 0 saturated carbocycles. The molecule has 0 unspecified atom stereocenters. The highest BCUT2D eigenvalue weighted by atomic mass is 79.9. The van der Waals surface area contributed by atoms with Gasteiger partial charge in [0.25, 0.3) is 0 Å². The van der Waals surface area contributed by atoms with Crippen molar-refractivity contribution in [1.29, 1.82) is 0 Å². The zero-order valence-electron chi connectivity index (χ0n) is 30.6. The van der Waals surface area contributed by atoms with Crippen LogP contribution in [0.25, 0.3) is 43.6 Å². The maximum atomic E-state index is 13.6. The van der Waals surface area contributed by atoms with E-state index in [2.05, 4.69) is 87.2 Å². The van der Waals surface area contributed by atoms with Crippen molar-refractivity contribution in [2.24, 2.45) is 0 Å². The second-order valence-electron chi connectivity index (χ2n) is 13.1. The Balaban J connectivity index is 1.15. The zero-order chi connectivity index (χ0) is 38.8. The van der Waals surface area contributed by atoms with Crippen LogP contribution in [0.4, 0.5) is 11.4 Å². The fourth-order valence-electron chi connectivity index (χ4n) is 7.23. The SMILES string of the molecule is CCCN(c1ccncc1)n1c2ccccc2c2cc(Br)cc(OC(=O)/C=C\C(=O)Oc3cc(Br)cc4c5ccccc5n(N(CCC)c5ccncc5)c34)c21. The fraction of sp³-hybridized carbons (Fsp3) is 0.136. The van der Waals surface area contributed by atoms with Crippen molar-refractivity contribution in [3.05, 3.63) is 143 Å². The van der Waals surface area contributed by atoms with Gasteiger partial charge >= 0.3 is 11.9 Å². The minimum atomic E-state index is -0.732. The summed E-state index contributed by atoms with van der Waals surface area (Å²) in [4.78, 5) is 35.6. The highest BCUT2D eigenvalue weighted by Crippen LogP contribution is 2.41. The second kappa shape index (κ2) is 16.0. The average molecular weight is 873 g/mol. The first-order valence-electron chi connectivity index (χ1n) is 18.3. The second-order valence-corrected chi connectivity index (χ2v) is 14.9. The van der Waals surface area contributed by atoms with E-state index in [0.717, 1.165) is 77.9 Å². The first kappa shape index (κ1) is 37.0. The molecule has 0 atom stereocenters. The standard InChI is InChI=1S/C44H36Br2N6O4/c1-3-23-49(31-15-19-47-20-16-31)51-37-11-7-5-9-33(37)35-25-29(45)27-39(43(35)51)55-41(53)13-14-42(54)56-40-28-30(46)26-36-34-10-6-8-12-38(34)52(44(36)40)50(24-4-2)32-17-21-48-22-18-32/h5-22,25-28H,3-4,23-24H2,1-2H3/b14-13-. The van der Waals surface area contributed by atoms with E-state index in [0.29, 0.717) is 35.6 Å². The van der Waals surface area contributed by atoms with Crippen LogP contribution in [-0.2, 0) is 9.59 Å². The first-order chi connectivity index (χ1) is 27.4. The molecular formula is C44H36Br2N6O4. The third kappa shape index (κ3) is 7.02. The zero-order valence-corrected chi connectivity index (χ0v) is 33.8. The number of benzene rings is 4. The molecule has 8 aromatic rings. The van der Waals surface area contributed by atoms with Gasteiger partial charge < -0.3 is 9.47 Å². The molecule has 8 rings (SSSR count). The van der Waals surface area contributed by atoms with Crippen LogP contribution >= 0.6 is 31.9 Å². The molecule has 0 aliphatic rings. The number of halogens is 2. The van der Waals surface area contributed by atoms with Crippen molar-refractivity contribution in [2.75, 3.05) is 23.1 Å². The van der Waals surface area contributed by atoms with Crippen molar-refractivity contribution < 1.29 is 19.1 Å². The first-order valence-corrected chi connectivity index (χ1v) is 19.9. The summed E-state index contributed by atoms with van der Waals surface area (Å²) in [5, 5.41) is 8.09. The number of ether oxygens (including phenoxy) is 2. The number of pyridine rings is 2. The van der Waals surface area contributed by atoms with Crippen molar-refractivity contribution >= 4 is 98.8 Å². The van der Waals surface area contributed by atoms with Crippen molar-refractivity contribution in [1.82, 2.24) is 19.3 Å². The summed E-state index contributed by atoms with van der Waals surface area (Å²) in [6, 6.07) is 31.5. The minimum absolute atomic E-state index is 0.328. The van der Waals surface area contributed by atoms with Crippen LogP contribution in [0.3, 0.4) is 0 Å². The molecule has 10 nitrogen and oxygen atoms in total. The molecule has 0 radical (unpaired) electrons. The van der Waals surface area contributed by atoms with E-state index in [1.165, 1.54) is 0 Å². The Hall–Kier alpha value is -5.98. The predicted octanol–water partition coefficient (Wildman–Crippen LogP) is 10.6. The number of aromatic nitrogens is 4. The van der Waals surface area contributed by atoms with E-state index in [1.54, 1.807) is 36.9 Å². The highest BCUT2D eigenvalue weighted by Gasteiger charge is 2.24. The normalized spacial score (nSPS) is 11.6. The predicted molar refractivity (Wildman–Crippen MR) is 229 cm³/mol. The quantitative estimate of drug-likeness (QED) is 0.0681. The monoisotopic (exact) mass is 870 g/mol. The molecule has 4 aromatic heterocycles. The number of fused-ring (bicyclic) bond motifs is 6.